The Labute approximate surface area is 73.7 Å². The molecule has 0 aromatic heterocycles. The Morgan fingerprint density at radius 3 is 3.08 bits per heavy atom. The van der Waals surface area contributed by atoms with Gasteiger partial charge in [0.25, 0.3) is 0 Å². The van der Waals surface area contributed by atoms with Gasteiger partial charge in [0.05, 0.1) is 0 Å². The van der Waals surface area contributed by atoms with Crippen LogP contribution in [0.4, 0.5) is 0 Å². The number of ketones is 1. The van der Waals surface area contributed by atoms with Gasteiger partial charge in [-0.1, -0.05) is 6.42 Å². The van der Waals surface area contributed by atoms with Crippen molar-refractivity contribution in [3.05, 3.63) is 0 Å². The third-order valence-corrected chi connectivity index (χ3v) is 3.38. The summed E-state index contributed by atoms with van der Waals surface area (Å²) < 4.78 is 0. The van der Waals surface area contributed by atoms with Gasteiger partial charge in [-0.05, 0) is 38.1 Å². The van der Waals surface area contributed by atoms with Gasteiger partial charge in [-0.3, -0.25) is 4.79 Å². The van der Waals surface area contributed by atoms with Gasteiger partial charge < -0.3 is 5.32 Å². The molecule has 2 nitrogen and oxygen atoms in total. The Balaban J connectivity index is 1.95. The molecule has 1 aliphatic heterocycles. The summed E-state index contributed by atoms with van der Waals surface area (Å²) in [7, 11) is 0. The Bertz CT molecular complexity index is 190. The summed E-state index contributed by atoms with van der Waals surface area (Å²) in [4.78, 5) is 10.9. The van der Waals surface area contributed by atoms with Gasteiger partial charge in [-0.2, -0.15) is 0 Å². The van der Waals surface area contributed by atoms with E-state index in [1.807, 2.05) is 0 Å². The number of Topliss-reactive ketones (excluding diaryl/α,β-unsaturated/α-hetero) is 1. The first-order valence-electron chi connectivity index (χ1n) is 5.00. The molecular formula is C10H17NO. The van der Waals surface area contributed by atoms with Gasteiger partial charge >= 0.3 is 0 Å². The van der Waals surface area contributed by atoms with Crippen LogP contribution in [0.5, 0.6) is 0 Å². The first-order valence-corrected chi connectivity index (χ1v) is 5.00. The second-order valence-electron chi connectivity index (χ2n) is 4.28. The number of nitrogens with one attached hydrogen (secondary N) is 1. The molecule has 0 spiro atoms. The van der Waals surface area contributed by atoms with E-state index < -0.39 is 0 Å². The largest absolute Gasteiger partial charge is 0.313 e. The quantitative estimate of drug-likeness (QED) is 0.672. The van der Waals surface area contributed by atoms with Crippen LogP contribution >= 0.6 is 0 Å². The van der Waals surface area contributed by atoms with Gasteiger partial charge in [-0.25, -0.2) is 0 Å². The zero-order valence-corrected chi connectivity index (χ0v) is 7.68. The number of carbonyl (C=O) groups excluding carboxylic acids is 1. The molecule has 0 bridgehead atoms. The molecule has 3 unspecified atom stereocenters. The molecule has 1 heterocycles. The maximum Gasteiger partial charge on any atom is 0.131 e. The highest BCUT2D eigenvalue weighted by Gasteiger charge is 2.38. The first kappa shape index (κ1) is 8.24. The Kier molecular flexibility index (Phi) is 2.18. The fourth-order valence-electron chi connectivity index (χ4n) is 2.84. The third kappa shape index (κ3) is 1.40. The normalized spacial score (nSPS) is 39.9. The predicted molar refractivity (Wildman–Crippen MR) is 47.9 cm³/mol. The lowest BCUT2D eigenvalue weighted by atomic mass is 9.91. The van der Waals surface area contributed by atoms with Crippen molar-refractivity contribution < 1.29 is 4.79 Å². The van der Waals surface area contributed by atoms with E-state index in [0.717, 1.165) is 24.8 Å². The zero-order valence-electron chi connectivity index (χ0n) is 7.68. The summed E-state index contributed by atoms with van der Waals surface area (Å²) in [5.74, 6) is 2.03. The lowest BCUT2D eigenvalue weighted by Gasteiger charge is -2.16. The van der Waals surface area contributed by atoms with Gasteiger partial charge in [-0.15, -0.1) is 0 Å². The summed E-state index contributed by atoms with van der Waals surface area (Å²) in [6.45, 7) is 2.85. The fourth-order valence-corrected chi connectivity index (χ4v) is 2.84. The van der Waals surface area contributed by atoms with Crippen molar-refractivity contribution in [3.63, 3.8) is 0 Å². The smallest absolute Gasteiger partial charge is 0.131 e. The van der Waals surface area contributed by atoms with E-state index in [9.17, 15) is 4.79 Å². The van der Waals surface area contributed by atoms with Crippen LogP contribution < -0.4 is 5.32 Å². The van der Waals surface area contributed by atoms with E-state index >= 15 is 0 Å². The Morgan fingerprint density at radius 2 is 2.33 bits per heavy atom. The summed E-state index contributed by atoms with van der Waals surface area (Å²) in [6.07, 6.45) is 4.86. The summed E-state index contributed by atoms with van der Waals surface area (Å²) in [5.41, 5.74) is 0. The molecule has 3 atom stereocenters. The summed E-state index contributed by atoms with van der Waals surface area (Å²) >= 11 is 0. The van der Waals surface area contributed by atoms with Crippen molar-refractivity contribution in [2.75, 3.05) is 6.54 Å². The van der Waals surface area contributed by atoms with Crippen molar-refractivity contribution >= 4 is 5.78 Å². The molecule has 0 aromatic rings. The van der Waals surface area contributed by atoms with Crippen LogP contribution in [-0.4, -0.2) is 18.4 Å². The van der Waals surface area contributed by atoms with E-state index in [0.29, 0.717) is 11.8 Å². The van der Waals surface area contributed by atoms with E-state index in [1.165, 1.54) is 19.3 Å². The molecule has 12 heavy (non-hydrogen) atoms. The van der Waals surface area contributed by atoms with Crippen LogP contribution in [0.25, 0.3) is 0 Å². The Hall–Kier alpha value is -0.370. The predicted octanol–water partition coefficient (Wildman–Crippen LogP) is 1.35. The van der Waals surface area contributed by atoms with Crippen LogP contribution in [0.1, 0.15) is 32.6 Å². The van der Waals surface area contributed by atoms with Crippen molar-refractivity contribution in [2.45, 2.75) is 38.6 Å². The third-order valence-electron chi connectivity index (χ3n) is 3.38. The average Bonchev–Trinajstić information content (AvgIpc) is 2.52. The van der Waals surface area contributed by atoms with Crippen LogP contribution in [-0.2, 0) is 4.79 Å². The van der Waals surface area contributed by atoms with E-state index in [-0.39, 0.29) is 0 Å². The number of hydrogen-bond donors (Lipinski definition) is 1. The zero-order chi connectivity index (χ0) is 8.55. The molecule has 1 aliphatic carbocycles. The van der Waals surface area contributed by atoms with E-state index in [2.05, 4.69) is 5.32 Å². The summed E-state index contributed by atoms with van der Waals surface area (Å²) in [6, 6.07) is 0.509. The molecule has 2 rings (SSSR count). The number of hydrogen-bond acceptors (Lipinski definition) is 2. The van der Waals surface area contributed by atoms with Crippen LogP contribution in [0.15, 0.2) is 0 Å². The molecular weight excluding hydrogens is 150 g/mol. The monoisotopic (exact) mass is 167 g/mol. The van der Waals surface area contributed by atoms with Crippen molar-refractivity contribution in [2.24, 2.45) is 11.8 Å². The van der Waals surface area contributed by atoms with Crippen LogP contribution in [0.2, 0.25) is 0 Å². The first-order chi connectivity index (χ1) is 5.77. The lowest BCUT2D eigenvalue weighted by Crippen LogP contribution is -2.28. The fraction of sp³-hybridized carbons (Fsp3) is 0.900. The van der Waals surface area contributed by atoms with Crippen LogP contribution in [0, 0.1) is 11.8 Å². The van der Waals surface area contributed by atoms with Crippen molar-refractivity contribution in [3.8, 4) is 0 Å². The molecule has 0 amide bonds. The molecule has 1 saturated carbocycles. The molecule has 1 N–H and O–H groups in total. The molecule has 0 aromatic carbocycles. The van der Waals surface area contributed by atoms with E-state index in [4.69, 9.17) is 0 Å². The van der Waals surface area contributed by atoms with Crippen molar-refractivity contribution in [1.29, 1.82) is 0 Å². The maximum absolute atomic E-state index is 10.9. The second-order valence-corrected chi connectivity index (χ2v) is 4.28. The van der Waals surface area contributed by atoms with E-state index in [1.54, 1.807) is 6.92 Å². The minimum absolute atomic E-state index is 0.333. The minimum Gasteiger partial charge on any atom is -0.313 e. The van der Waals surface area contributed by atoms with Gasteiger partial charge in [0, 0.05) is 12.5 Å². The number of rotatable bonds is 2. The Morgan fingerprint density at radius 1 is 1.50 bits per heavy atom. The molecule has 2 fully saturated rings. The van der Waals surface area contributed by atoms with Crippen LogP contribution in [0.3, 0.4) is 0 Å². The number of fused-ring (bicyclic) bond motifs is 1. The highest BCUT2D eigenvalue weighted by atomic mass is 16.1. The summed E-state index contributed by atoms with van der Waals surface area (Å²) in [5, 5.41) is 3.47. The average molecular weight is 167 g/mol. The molecule has 68 valence electrons. The molecule has 2 aliphatic rings. The second kappa shape index (κ2) is 3.17. The highest BCUT2D eigenvalue weighted by molar-refractivity contribution is 5.76. The molecule has 1 saturated heterocycles. The molecule has 2 heteroatoms. The highest BCUT2D eigenvalue weighted by Crippen LogP contribution is 2.38. The van der Waals surface area contributed by atoms with Gasteiger partial charge in [0.1, 0.15) is 5.78 Å². The topological polar surface area (TPSA) is 29.1 Å². The van der Waals surface area contributed by atoms with Gasteiger partial charge in [0.15, 0.2) is 0 Å². The van der Waals surface area contributed by atoms with Crippen molar-refractivity contribution in [1.82, 2.24) is 5.32 Å². The number of carbonyl (C=O) groups is 1. The molecule has 0 radical (unpaired) electrons. The lowest BCUT2D eigenvalue weighted by molar-refractivity contribution is -0.117. The van der Waals surface area contributed by atoms with Gasteiger partial charge in [0.2, 0.25) is 0 Å². The standard InChI is InChI=1S/C10H17NO/c1-7(12)5-10-9-4-2-3-8(9)6-11-10/h8-11H,2-6H2,1H3. The SMILES string of the molecule is CC(=O)CC1NCC2CCCC21. The minimum atomic E-state index is 0.333. The maximum atomic E-state index is 10.9.